The fourth-order valence-corrected chi connectivity index (χ4v) is 0.977. The molecule has 0 aliphatic heterocycles. The van der Waals surface area contributed by atoms with Gasteiger partial charge in [-0.2, -0.15) is 0 Å². The van der Waals surface area contributed by atoms with Crippen LogP contribution in [0.15, 0.2) is 0 Å². The lowest BCUT2D eigenvalue weighted by atomic mass is 10.0. The molecule has 0 aromatic heterocycles. The molecule has 0 heterocycles. The molecule has 0 aliphatic rings. The van der Waals surface area contributed by atoms with Gasteiger partial charge in [0.05, 0.1) is 0 Å². The molecule has 0 aromatic rings. The van der Waals surface area contributed by atoms with Crippen LogP contribution in [-0.4, -0.2) is 21.7 Å². The molecule has 0 saturated heterocycles. The standard InChI is InChI=1S/C10H17BrO3/c1-6-10(11,7(2)12)8(13)14-9(3,4)5/h6H2,1-5H3. The van der Waals surface area contributed by atoms with Crippen molar-refractivity contribution in [2.75, 3.05) is 0 Å². The largest absolute Gasteiger partial charge is 0.459 e. The molecule has 0 bridgehead atoms. The summed E-state index contributed by atoms with van der Waals surface area (Å²) in [5, 5.41) is 0. The number of hydrogen-bond acceptors (Lipinski definition) is 3. The minimum absolute atomic E-state index is 0.228. The Hall–Kier alpha value is -0.380. The van der Waals surface area contributed by atoms with Crippen LogP contribution >= 0.6 is 15.9 Å². The number of halogens is 1. The van der Waals surface area contributed by atoms with Gasteiger partial charge in [0.25, 0.3) is 0 Å². The van der Waals surface area contributed by atoms with Crippen molar-refractivity contribution in [1.29, 1.82) is 0 Å². The van der Waals surface area contributed by atoms with Gasteiger partial charge in [0.15, 0.2) is 10.1 Å². The molecule has 1 unspecified atom stereocenters. The highest BCUT2D eigenvalue weighted by Crippen LogP contribution is 2.27. The molecule has 0 spiro atoms. The zero-order valence-electron chi connectivity index (χ0n) is 9.31. The van der Waals surface area contributed by atoms with E-state index in [4.69, 9.17) is 4.74 Å². The molecule has 0 rings (SSSR count). The molecule has 0 fully saturated rings. The summed E-state index contributed by atoms with van der Waals surface area (Å²) in [5.41, 5.74) is -0.569. The van der Waals surface area contributed by atoms with E-state index in [0.29, 0.717) is 6.42 Å². The lowest BCUT2D eigenvalue weighted by Gasteiger charge is -2.27. The van der Waals surface area contributed by atoms with E-state index in [1.165, 1.54) is 6.92 Å². The molecule has 0 aliphatic carbocycles. The van der Waals surface area contributed by atoms with Crippen LogP contribution in [0.2, 0.25) is 0 Å². The van der Waals surface area contributed by atoms with Gasteiger partial charge in [0.2, 0.25) is 0 Å². The van der Waals surface area contributed by atoms with Gasteiger partial charge in [-0.25, -0.2) is 0 Å². The van der Waals surface area contributed by atoms with E-state index in [1.807, 2.05) is 0 Å². The minimum Gasteiger partial charge on any atom is -0.459 e. The second-order valence-electron chi connectivity index (χ2n) is 4.21. The monoisotopic (exact) mass is 264 g/mol. The first-order chi connectivity index (χ1) is 6.13. The van der Waals surface area contributed by atoms with E-state index < -0.39 is 15.9 Å². The fourth-order valence-electron chi connectivity index (χ4n) is 0.896. The average molecular weight is 265 g/mol. The topological polar surface area (TPSA) is 43.4 Å². The number of alkyl halides is 1. The molecule has 14 heavy (non-hydrogen) atoms. The van der Waals surface area contributed by atoms with Gasteiger partial charge in [-0.1, -0.05) is 22.9 Å². The van der Waals surface area contributed by atoms with Crippen molar-refractivity contribution < 1.29 is 14.3 Å². The summed E-state index contributed by atoms with van der Waals surface area (Å²) in [6, 6.07) is 0. The Kier molecular flexibility index (Phi) is 4.31. The molecule has 82 valence electrons. The Morgan fingerprint density at radius 2 is 1.71 bits per heavy atom. The van der Waals surface area contributed by atoms with Crippen molar-refractivity contribution in [3.05, 3.63) is 0 Å². The molecule has 0 saturated carbocycles. The summed E-state index contributed by atoms with van der Waals surface area (Å²) >= 11 is 3.14. The van der Waals surface area contributed by atoms with Crippen LogP contribution in [-0.2, 0) is 14.3 Å². The third-order valence-corrected chi connectivity index (χ3v) is 3.21. The first kappa shape index (κ1) is 13.6. The van der Waals surface area contributed by atoms with Crippen LogP contribution in [0.5, 0.6) is 0 Å². The Morgan fingerprint density at radius 1 is 1.29 bits per heavy atom. The van der Waals surface area contributed by atoms with Crippen molar-refractivity contribution in [3.63, 3.8) is 0 Å². The van der Waals surface area contributed by atoms with E-state index in [1.54, 1.807) is 27.7 Å². The van der Waals surface area contributed by atoms with Gasteiger partial charge in [-0.05, 0) is 34.1 Å². The van der Waals surface area contributed by atoms with E-state index in [2.05, 4.69) is 15.9 Å². The van der Waals surface area contributed by atoms with Crippen molar-refractivity contribution in [2.45, 2.75) is 51.0 Å². The highest BCUT2D eigenvalue weighted by molar-refractivity contribution is 9.10. The van der Waals surface area contributed by atoms with E-state index in [0.717, 1.165) is 0 Å². The Morgan fingerprint density at radius 3 is 1.93 bits per heavy atom. The highest BCUT2D eigenvalue weighted by Gasteiger charge is 2.42. The normalized spacial score (nSPS) is 15.9. The second kappa shape index (κ2) is 4.43. The maximum atomic E-state index is 11.7. The number of Topliss-reactive ketones (excluding diaryl/α,β-unsaturated/α-hetero) is 1. The number of carbonyl (C=O) groups excluding carboxylic acids is 2. The molecule has 0 aromatic carbocycles. The SMILES string of the molecule is CCC(Br)(C(C)=O)C(=O)OC(C)(C)C. The van der Waals surface area contributed by atoms with Gasteiger partial charge in [0.1, 0.15) is 5.60 Å². The van der Waals surface area contributed by atoms with Crippen molar-refractivity contribution in [1.82, 2.24) is 0 Å². The average Bonchev–Trinajstić information content (AvgIpc) is 1.99. The molecular weight excluding hydrogens is 248 g/mol. The summed E-state index contributed by atoms with van der Waals surface area (Å²) in [6.45, 7) is 8.46. The maximum absolute atomic E-state index is 11.7. The lowest BCUT2D eigenvalue weighted by molar-refractivity contribution is -0.159. The van der Waals surface area contributed by atoms with E-state index in [9.17, 15) is 9.59 Å². The summed E-state index contributed by atoms with van der Waals surface area (Å²) in [7, 11) is 0. The number of esters is 1. The summed E-state index contributed by atoms with van der Waals surface area (Å²) in [6.07, 6.45) is 0.386. The van der Waals surface area contributed by atoms with Crippen molar-refractivity contribution >= 4 is 27.7 Å². The Bertz CT molecular complexity index is 242. The number of ether oxygens (including phenoxy) is 1. The first-order valence-corrected chi connectivity index (χ1v) is 5.36. The van der Waals surface area contributed by atoms with Crippen molar-refractivity contribution in [2.24, 2.45) is 0 Å². The van der Waals surface area contributed by atoms with Gasteiger partial charge in [-0.3, -0.25) is 9.59 Å². The van der Waals surface area contributed by atoms with E-state index in [-0.39, 0.29) is 5.78 Å². The number of ketones is 1. The van der Waals surface area contributed by atoms with Crippen LogP contribution in [0, 0.1) is 0 Å². The molecular formula is C10H17BrO3. The van der Waals surface area contributed by atoms with Gasteiger partial charge < -0.3 is 4.74 Å². The smallest absolute Gasteiger partial charge is 0.331 e. The molecule has 0 N–H and O–H groups in total. The summed E-state index contributed by atoms with van der Waals surface area (Å²) in [4.78, 5) is 22.9. The van der Waals surface area contributed by atoms with Crippen LogP contribution in [0.1, 0.15) is 41.0 Å². The zero-order chi connectivity index (χ0) is 11.6. The van der Waals surface area contributed by atoms with Gasteiger partial charge in [-0.15, -0.1) is 0 Å². The minimum atomic E-state index is -1.18. The zero-order valence-corrected chi connectivity index (χ0v) is 10.9. The fraction of sp³-hybridized carbons (Fsp3) is 0.800. The van der Waals surface area contributed by atoms with Crippen LogP contribution < -0.4 is 0 Å². The van der Waals surface area contributed by atoms with Gasteiger partial charge in [0, 0.05) is 0 Å². The van der Waals surface area contributed by atoms with Gasteiger partial charge >= 0.3 is 5.97 Å². The predicted octanol–water partition coefficient (Wildman–Crippen LogP) is 2.46. The summed E-state index contributed by atoms with van der Waals surface area (Å²) < 4.78 is 3.97. The number of rotatable bonds is 3. The predicted molar refractivity (Wildman–Crippen MR) is 58.5 cm³/mol. The molecule has 1 atom stereocenters. The van der Waals surface area contributed by atoms with Crippen LogP contribution in [0.3, 0.4) is 0 Å². The lowest BCUT2D eigenvalue weighted by Crippen LogP contribution is -2.43. The van der Waals surface area contributed by atoms with Crippen LogP contribution in [0.25, 0.3) is 0 Å². The maximum Gasteiger partial charge on any atom is 0.331 e. The Labute approximate surface area is 93.3 Å². The third kappa shape index (κ3) is 3.40. The van der Waals surface area contributed by atoms with Crippen LogP contribution in [0.4, 0.5) is 0 Å². The van der Waals surface area contributed by atoms with E-state index >= 15 is 0 Å². The molecule has 0 amide bonds. The van der Waals surface area contributed by atoms with Crippen molar-refractivity contribution in [3.8, 4) is 0 Å². The first-order valence-electron chi connectivity index (χ1n) is 4.57. The quantitative estimate of drug-likeness (QED) is 0.447. The molecule has 0 radical (unpaired) electrons. The molecule has 3 nitrogen and oxygen atoms in total. The Balaban J connectivity index is 4.73. The second-order valence-corrected chi connectivity index (χ2v) is 5.57. The number of hydrogen-bond donors (Lipinski definition) is 0. The number of carbonyl (C=O) groups is 2. The third-order valence-electron chi connectivity index (χ3n) is 1.77. The highest BCUT2D eigenvalue weighted by atomic mass is 79.9. The summed E-state index contributed by atoms with van der Waals surface area (Å²) in [5.74, 6) is -0.741. The molecule has 4 heteroatoms.